The number of aromatic nitrogens is 2. The fraction of sp³-hybridized carbons (Fsp3) is 0.529. The second kappa shape index (κ2) is 5.53. The summed E-state index contributed by atoms with van der Waals surface area (Å²) in [6.45, 7) is 2.14. The van der Waals surface area contributed by atoms with Crippen LogP contribution in [0, 0.1) is 5.41 Å². The van der Waals surface area contributed by atoms with E-state index in [1.54, 1.807) is 0 Å². The summed E-state index contributed by atoms with van der Waals surface area (Å²) < 4.78 is 0. The Morgan fingerprint density at radius 1 is 1.48 bits per heavy atom. The molecule has 23 heavy (non-hydrogen) atoms. The highest BCUT2D eigenvalue weighted by Gasteiger charge is 2.49. The molecular formula is C17H23N5O. The number of aromatic amines is 1. The quantitative estimate of drug-likeness (QED) is 0.805. The minimum atomic E-state index is 0.0202. The maximum atomic E-state index is 12.3. The minimum absolute atomic E-state index is 0.0202. The molecule has 2 amide bonds. The number of likely N-dealkylation sites (tertiary alicyclic amines) is 1. The van der Waals surface area contributed by atoms with Crippen molar-refractivity contribution in [2.24, 2.45) is 11.1 Å². The van der Waals surface area contributed by atoms with E-state index in [-0.39, 0.29) is 17.5 Å². The smallest absolute Gasteiger partial charge is 0.317 e. The molecule has 1 unspecified atom stereocenters. The van der Waals surface area contributed by atoms with Gasteiger partial charge in [0.2, 0.25) is 0 Å². The molecule has 0 radical (unpaired) electrons. The normalized spacial score (nSPS) is 22.5. The maximum absolute atomic E-state index is 12.3. The van der Waals surface area contributed by atoms with Gasteiger partial charge in [0.1, 0.15) is 0 Å². The number of nitrogens with two attached hydrogens (primary N) is 1. The Bertz CT molecular complexity index is 721. The van der Waals surface area contributed by atoms with E-state index in [4.69, 9.17) is 5.73 Å². The van der Waals surface area contributed by atoms with Gasteiger partial charge in [0.25, 0.3) is 0 Å². The highest BCUT2D eigenvalue weighted by molar-refractivity contribution is 5.78. The van der Waals surface area contributed by atoms with Gasteiger partial charge in [-0.1, -0.05) is 18.6 Å². The van der Waals surface area contributed by atoms with Crippen LogP contribution in [0.5, 0.6) is 0 Å². The van der Waals surface area contributed by atoms with Crippen LogP contribution >= 0.6 is 0 Å². The molecule has 6 nitrogen and oxygen atoms in total. The van der Waals surface area contributed by atoms with Gasteiger partial charge in [0.15, 0.2) is 0 Å². The second-order valence-corrected chi connectivity index (χ2v) is 6.98. The molecule has 1 spiro atoms. The van der Waals surface area contributed by atoms with Crippen molar-refractivity contribution in [3.05, 3.63) is 30.0 Å². The molecule has 2 aliphatic rings. The van der Waals surface area contributed by atoms with Gasteiger partial charge in [0.05, 0.1) is 11.7 Å². The molecule has 1 saturated carbocycles. The molecule has 0 bridgehead atoms. The van der Waals surface area contributed by atoms with Crippen LogP contribution in [0.2, 0.25) is 0 Å². The van der Waals surface area contributed by atoms with Gasteiger partial charge in [-0.3, -0.25) is 5.10 Å². The van der Waals surface area contributed by atoms with E-state index in [0.29, 0.717) is 13.1 Å². The summed E-state index contributed by atoms with van der Waals surface area (Å²) >= 11 is 0. The topological polar surface area (TPSA) is 87.0 Å². The minimum Gasteiger partial charge on any atom is -0.338 e. The molecule has 1 aliphatic heterocycles. The third-order valence-electron chi connectivity index (χ3n) is 5.54. The zero-order chi connectivity index (χ0) is 15.9. The number of amides is 2. The molecule has 1 atom stereocenters. The first-order chi connectivity index (χ1) is 11.2. The van der Waals surface area contributed by atoms with Gasteiger partial charge in [0, 0.05) is 36.5 Å². The number of urea groups is 1. The number of benzene rings is 1. The largest absolute Gasteiger partial charge is 0.338 e. The summed E-state index contributed by atoms with van der Waals surface area (Å²) in [6.07, 6.45) is 6.21. The Morgan fingerprint density at radius 3 is 3.09 bits per heavy atom. The molecule has 1 aromatic carbocycles. The van der Waals surface area contributed by atoms with Crippen molar-refractivity contribution in [1.29, 1.82) is 0 Å². The van der Waals surface area contributed by atoms with Crippen LogP contribution in [-0.4, -0.2) is 46.8 Å². The standard InChI is InChI=1S/C17H23N5O/c18-15-10-22(11-17(15)5-1-6-17)16(23)19-7-4-12-2-3-13-9-20-21-14(13)8-12/h2-3,8-9,15H,1,4-7,10-11,18H2,(H,19,23)(H,20,21). The van der Waals surface area contributed by atoms with E-state index in [0.717, 1.165) is 23.9 Å². The number of nitrogens with zero attached hydrogens (tertiary/aromatic N) is 2. The molecule has 1 saturated heterocycles. The lowest BCUT2D eigenvalue weighted by Gasteiger charge is -2.41. The maximum Gasteiger partial charge on any atom is 0.317 e. The lowest BCUT2D eigenvalue weighted by atomic mass is 9.66. The molecule has 4 rings (SSSR count). The average molecular weight is 313 g/mol. The van der Waals surface area contributed by atoms with Gasteiger partial charge in [-0.05, 0) is 30.9 Å². The van der Waals surface area contributed by atoms with Crippen molar-refractivity contribution < 1.29 is 4.79 Å². The summed E-state index contributed by atoms with van der Waals surface area (Å²) in [5.74, 6) is 0. The Balaban J connectivity index is 1.30. The van der Waals surface area contributed by atoms with Crippen LogP contribution in [0.3, 0.4) is 0 Å². The van der Waals surface area contributed by atoms with E-state index in [2.05, 4.69) is 33.7 Å². The molecule has 2 fully saturated rings. The molecule has 2 aromatic rings. The van der Waals surface area contributed by atoms with E-state index >= 15 is 0 Å². The Morgan fingerprint density at radius 2 is 2.35 bits per heavy atom. The Hall–Kier alpha value is -2.08. The molecule has 1 aliphatic carbocycles. The van der Waals surface area contributed by atoms with Crippen molar-refractivity contribution in [3.8, 4) is 0 Å². The average Bonchev–Trinajstić information content (AvgIpc) is 3.10. The van der Waals surface area contributed by atoms with Gasteiger partial charge in [-0.2, -0.15) is 5.10 Å². The summed E-state index contributed by atoms with van der Waals surface area (Å²) in [4.78, 5) is 14.2. The Labute approximate surface area is 135 Å². The highest BCUT2D eigenvalue weighted by atomic mass is 16.2. The van der Waals surface area contributed by atoms with E-state index in [9.17, 15) is 4.79 Å². The van der Waals surface area contributed by atoms with Crippen LogP contribution in [0.4, 0.5) is 4.79 Å². The monoisotopic (exact) mass is 313 g/mol. The molecule has 4 N–H and O–H groups in total. The van der Waals surface area contributed by atoms with Gasteiger partial charge in [-0.15, -0.1) is 0 Å². The zero-order valence-electron chi connectivity index (χ0n) is 13.2. The number of carbonyl (C=O) groups excluding carboxylic acids is 1. The van der Waals surface area contributed by atoms with Crippen molar-refractivity contribution in [1.82, 2.24) is 20.4 Å². The summed E-state index contributed by atoms with van der Waals surface area (Å²) in [7, 11) is 0. The Kier molecular flexibility index (Phi) is 3.49. The SMILES string of the molecule is NC1CN(C(=O)NCCc2ccc3cn[nH]c3c2)CC12CCC2. The van der Waals surface area contributed by atoms with Crippen molar-refractivity contribution in [2.45, 2.75) is 31.7 Å². The predicted molar refractivity (Wildman–Crippen MR) is 89.0 cm³/mol. The lowest BCUT2D eigenvalue weighted by molar-refractivity contribution is 0.125. The van der Waals surface area contributed by atoms with Crippen LogP contribution in [0.25, 0.3) is 10.9 Å². The predicted octanol–water partition coefficient (Wildman–Crippen LogP) is 1.63. The van der Waals surface area contributed by atoms with Crippen molar-refractivity contribution in [2.75, 3.05) is 19.6 Å². The molecule has 122 valence electrons. The number of hydrogen-bond acceptors (Lipinski definition) is 3. The van der Waals surface area contributed by atoms with Crippen LogP contribution in [0.1, 0.15) is 24.8 Å². The van der Waals surface area contributed by atoms with E-state index < -0.39 is 0 Å². The first-order valence-corrected chi connectivity index (χ1v) is 8.37. The van der Waals surface area contributed by atoms with Gasteiger partial charge in [-0.25, -0.2) is 4.79 Å². The number of nitrogens with one attached hydrogen (secondary N) is 2. The fourth-order valence-corrected chi connectivity index (χ4v) is 3.87. The summed E-state index contributed by atoms with van der Waals surface area (Å²) in [5.41, 5.74) is 8.67. The summed E-state index contributed by atoms with van der Waals surface area (Å²) in [5, 5.41) is 11.1. The fourth-order valence-electron chi connectivity index (χ4n) is 3.87. The van der Waals surface area contributed by atoms with Crippen LogP contribution in [-0.2, 0) is 6.42 Å². The first kappa shape index (κ1) is 14.5. The van der Waals surface area contributed by atoms with Gasteiger partial charge < -0.3 is 16.0 Å². The number of rotatable bonds is 3. The number of carbonyl (C=O) groups is 1. The number of hydrogen-bond donors (Lipinski definition) is 3. The highest BCUT2D eigenvalue weighted by Crippen LogP contribution is 2.47. The van der Waals surface area contributed by atoms with Crippen molar-refractivity contribution >= 4 is 16.9 Å². The van der Waals surface area contributed by atoms with Gasteiger partial charge >= 0.3 is 6.03 Å². The molecular weight excluding hydrogens is 290 g/mol. The van der Waals surface area contributed by atoms with Crippen LogP contribution in [0.15, 0.2) is 24.4 Å². The zero-order valence-corrected chi connectivity index (χ0v) is 13.2. The van der Waals surface area contributed by atoms with Crippen molar-refractivity contribution in [3.63, 3.8) is 0 Å². The third-order valence-corrected chi connectivity index (χ3v) is 5.54. The lowest BCUT2D eigenvalue weighted by Crippen LogP contribution is -2.45. The number of fused-ring (bicyclic) bond motifs is 1. The second-order valence-electron chi connectivity index (χ2n) is 6.98. The first-order valence-electron chi connectivity index (χ1n) is 8.37. The molecule has 6 heteroatoms. The molecule has 1 aromatic heterocycles. The number of H-pyrrole nitrogens is 1. The third kappa shape index (κ3) is 2.57. The summed E-state index contributed by atoms with van der Waals surface area (Å²) in [6, 6.07) is 6.38. The molecule has 2 heterocycles. The van der Waals surface area contributed by atoms with E-state index in [1.807, 2.05) is 11.1 Å². The van der Waals surface area contributed by atoms with E-state index in [1.165, 1.54) is 24.8 Å². The van der Waals surface area contributed by atoms with Crippen LogP contribution < -0.4 is 11.1 Å².